The number of nitrogens with one attached hydrogen (secondary N) is 1. The van der Waals surface area contributed by atoms with E-state index in [1.807, 2.05) is 24.3 Å². The van der Waals surface area contributed by atoms with Gasteiger partial charge in [0.05, 0.1) is 26.0 Å². The quantitative estimate of drug-likeness (QED) is 0.627. The molecule has 6 nitrogen and oxygen atoms in total. The van der Waals surface area contributed by atoms with Crippen molar-refractivity contribution in [3.8, 4) is 0 Å². The topological polar surface area (TPSA) is 65.4 Å². The molecule has 1 N–H and O–H groups in total. The summed E-state index contributed by atoms with van der Waals surface area (Å²) in [7, 11) is 1.63. The average Bonchev–Trinajstić information content (AvgIpc) is 3.00. The third-order valence-corrected chi connectivity index (χ3v) is 4.16. The summed E-state index contributed by atoms with van der Waals surface area (Å²) in [6, 6.07) is 9.75. The van der Waals surface area contributed by atoms with E-state index in [1.54, 1.807) is 24.1 Å². The Morgan fingerprint density at radius 2 is 2.08 bits per heavy atom. The fourth-order valence-corrected chi connectivity index (χ4v) is 2.55. The van der Waals surface area contributed by atoms with E-state index >= 15 is 0 Å². The number of halogens is 1. The second-order valence-electron chi connectivity index (χ2n) is 5.22. The standard InChI is InChI=1S/C17H22BrN3O3/c1-23-11-12-24-10-4-7-17(22)20-16-8-9-19-21(16)13-14-5-2-3-6-15(14)18/h2-3,5-6,8-9H,4,7,10-13H2,1H3,(H,20,22). The lowest BCUT2D eigenvalue weighted by Crippen LogP contribution is -2.16. The van der Waals surface area contributed by atoms with Crippen molar-refractivity contribution in [2.45, 2.75) is 19.4 Å². The lowest BCUT2D eigenvalue weighted by atomic mass is 10.2. The number of ether oxygens (including phenoxy) is 2. The summed E-state index contributed by atoms with van der Waals surface area (Å²) in [5, 5.41) is 7.18. The number of anilines is 1. The second kappa shape index (κ2) is 10.2. The summed E-state index contributed by atoms with van der Waals surface area (Å²) in [5.41, 5.74) is 1.10. The summed E-state index contributed by atoms with van der Waals surface area (Å²) in [6.07, 6.45) is 2.77. The van der Waals surface area contributed by atoms with Gasteiger partial charge in [0.15, 0.2) is 0 Å². The van der Waals surface area contributed by atoms with Crippen LogP contribution in [0.25, 0.3) is 0 Å². The van der Waals surface area contributed by atoms with Crippen LogP contribution in [0.3, 0.4) is 0 Å². The molecule has 2 rings (SSSR count). The highest BCUT2D eigenvalue weighted by Gasteiger charge is 2.09. The van der Waals surface area contributed by atoms with Gasteiger partial charge >= 0.3 is 0 Å². The fourth-order valence-electron chi connectivity index (χ4n) is 2.14. The molecule has 1 heterocycles. The summed E-state index contributed by atoms with van der Waals surface area (Å²) in [5.74, 6) is 0.648. The summed E-state index contributed by atoms with van der Waals surface area (Å²) in [6.45, 7) is 2.26. The van der Waals surface area contributed by atoms with Crippen molar-refractivity contribution in [1.82, 2.24) is 9.78 Å². The van der Waals surface area contributed by atoms with E-state index in [0.717, 1.165) is 10.0 Å². The van der Waals surface area contributed by atoms with Crippen LogP contribution in [-0.4, -0.2) is 42.6 Å². The van der Waals surface area contributed by atoms with Crippen molar-refractivity contribution in [2.75, 3.05) is 32.2 Å². The Hall–Kier alpha value is -1.70. The van der Waals surface area contributed by atoms with Crippen molar-refractivity contribution in [2.24, 2.45) is 0 Å². The van der Waals surface area contributed by atoms with E-state index in [4.69, 9.17) is 9.47 Å². The molecule has 2 aromatic rings. The Morgan fingerprint density at radius 3 is 2.88 bits per heavy atom. The van der Waals surface area contributed by atoms with Crippen molar-refractivity contribution < 1.29 is 14.3 Å². The molecule has 0 aliphatic rings. The van der Waals surface area contributed by atoms with Gasteiger partial charge < -0.3 is 14.8 Å². The van der Waals surface area contributed by atoms with Crippen LogP contribution in [0.15, 0.2) is 41.0 Å². The summed E-state index contributed by atoms with van der Waals surface area (Å²) < 4.78 is 13.0. The molecule has 0 saturated carbocycles. The van der Waals surface area contributed by atoms with Gasteiger partial charge in [-0.3, -0.25) is 4.79 Å². The zero-order valence-corrected chi connectivity index (χ0v) is 15.3. The average molecular weight is 396 g/mol. The first-order valence-electron chi connectivity index (χ1n) is 7.82. The SMILES string of the molecule is COCCOCCCC(=O)Nc1ccnn1Cc1ccccc1Br. The Kier molecular flexibility index (Phi) is 7.94. The molecule has 0 aliphatic carbocycles. The lowest BCUT2D eigenvalue weighted by molar-refractivity contribution is -0.116. The van der Waals surface area contributed by atoms with Gasteiger partial charge in [-0.05, 0) is 18.1 Å². The van der Waals surface area contributed by atoms with E-state index in [1.165, 1.54) is 0 Å². The number of methoxy groups -OCH3 is 1. The smallest absolute Gasteiger partial charge is 0.225 e. The van der Waals surface area contributed by atoms with Crippen LogP contribution in [0.5, 0.6) is 0 Å². The Labute approximate surface area is 150 Å². The van der Waals surface area contributed by atoms with Crippen LogP contribution in [0.1, 0.15) is 18.4 Å². The Balaban J connectivity index is 1.80. The first-order valence-corrected chi connectivity index (χ1v) is 8.61. The number of aromatic nitrogens is 2. The van der Waals surface area contributed by atoms with Gasteiger partial charge in [-0.25, -0.2) is 4.68 Å². The minimum Gasteiger partial charge on any atom is -0.382 e. The largest absolute Gasteiger partial charge is 0.382 e. The van der Waals surface area contributed by atoms with Gasteiger partial charge in [0.2, 0.25) is 5.91 Å². The molecule has 1 aromatic heterocycles. The number of carbonyl (C=O) groups excluding carboxylic acids is 1. The molecular weight excluding hydrogens is 374 g/mol. The van der Waals surface area contributed by atoms with Gasteiger partial charge in [-0.1, -0.05) is 34.1 Å². The molecule has 0 fully saturated rings. The van der Waals surface area contributed by atoms with Gasteiger partial charge in [0.25, 0.3) is 0 Å². The van der Waals surface area contributed by atoms with Crippen LogP contribution < -0.4 is 5.32 Å². The number of benzene rings is 1. The fraction of sp³-hybridized carbons (Fsp3) is 0.412. The van der Waals surface area contributed by atoms with E-state index in [2.05, 4.69) is 26.3 Å². The predicted octanol–water partition coefficient (Wildman–Crippen LogP) is 3.08. The van der Waals surface area contributed by atoms with Gasteiger partial charge in [-0.15, -0.1) is 0 Å². The molecule has 0 bridgehead atoms. The molecule has 0 spiro atoms. The van der Waals surface area contributed by atoms with Crippen LogP contribution in [-0.2, 0) is 20.8 Å². The van der Waals surface area contributed by atoms with Crippen LogP contribution in [0, 0.1) is 0 Å². The van der Waals surface area contributed by atoms with Gasteiger partial charge in [-0.2, -0.15) is 5.10 Å². The maximum absolute atomic E-state index is 12.0. The summed E-state index contributed by atoms with van der Waals surface area (Å²) >= 11 is 3.53. The molecular formula is C17H22BrN3O3. The Bertz CT molecular complexity index is 646. The second-order valence-corrected chi connectivity index (χ2v) is 6.08. The van der Waals surface area contributed by atoms with E-state index in [9.17, 15) is 4.79 Å². The van der Waals surface area contributed by atoms with Crippen LogP contribution >= 0.6 is 15.9 Å². The molecule has 0 unspecified atom stereocenters. The number of nitrogens with zero attached hydrogens (tertiary/aromatic N) is 2. The highest BCUT2D eigenvalue weighted by molar-refractivity contribution is 9.10. The molecule has 0 aliphatic heterocycles. The van der Waals surface area contributed by atoms with Crippen molar-refractivity contribution in [3.05, 3.63) is 46.6 Å². The molecule has 0 saturated heterocycles. The number of rotatable bonds is 10. The molecule has 0 radical (unpaired) electrons. The first-order chi connectivity index (χ1) is 11.7. The third-order valence-electron chi connectivity index (χ3n) is 3.39. The van der Waals surface area contributed by atoms with Gasteiger partial charge in [0.1, 0.15) is 5.82 Å². The molecule has 130 valence electrons. The maximum atomic E-state index is 12.0. The first kappa shape index (κ1) is 18.6. The normalized spacial score (nSPS) is 10.8. The van der Waals surface area contributed by atoms with E-state index < -0.39 is 0 Å². The zero-order valence-electron chi connectivity index (χ0n) is 13.7. The van der Waals surface area contributed by atoms with Crippen molar-refractivity contribution in [1.29, 1.82) is 0 Å². The highest BCUT2D eigenvalue weighted by Crippen LogP contribution is 2.18. The van der Waals surface area contributed by atoms with Crippen molar-refractivity contribution >= 4 is 27.7 Å². The van der Waals surface area contributed by atoms with E-state index in [0.29, 0.717) is 45.0 Å². The monoisotopic (exact) mass is 395 g/mol. The lowest BCUT2D eigenvalue weighted by Gasteiger charge is -2.10. The molecule has 1 aromatic carbocycles. The zero-order chi connectivity index (χ0) is 17.2. The molecule has 1 amide bonds. The highest BCUT2D eigenvalue weighted by atomic mass is 79.9. The van der Waals surface area contributed by atoms with Crippen LogP contribution in [0.4, 0.5) is 5.82 Å². The van der Waals surface area contributed by atoms with Crippen molar-refractivity contribution in [3.63, 3.8) is 0 Å². The maximum Gasteiger partial charge on any atom is 0.225 e. The summed E-state index contributed by atoms with van der Waals surface area (Å²) in [4.78, 5) is 12.0. The molecule has 0 atom stereocenters. The third kappa shape index (κ3) is 6.07. The number of carbonyl (C=O) groups is 1. The van der Waals surface area contributed by atoms with Crippen LogP contribution in [0.2, 0.25) is 0 Å². The Morgan fingerprint density at radius 1 is 1.25 bits per heavy atom. The molecule has 24 heavy (non-hydrogen) atoms. The number of hydrogen-bond donors (Lipinski definition) is 1. The predicted molar refractivity (Wildman–Crippen MR) is 96.0 cm³/mol. The van der Waals surface area contributed by atoms with E-state index in [-0.39, 0.29) is 5.91 Å². The molecule has 7 heteroatoms. The van der Waals surface area contributed by atoms with Gasteiger partial charge in [0, 0.05) is 30.7 Å². The number of amides is 1. The number of hydrogen-bond acceptors (Lipinski definition) is 4. The minimum atomic E-state index is -0.0424. The minimum absolute atomic E-state index is 0.0424.